The van der Waals surface area contributed by atoms with Gasteiger partial charge in [0.1, 0.15) is 18.3 Å². The fraction of sp³-hybridized carbons (Fsp3) is 0.542. The van der Waals surface area contributed by atoms with Crippen LogP contribution >= 0.6 is 0 Å². The van der Waals surface area contributed by atoms with Crippen molar-refractivity contribution in [3.05, 3.63) is 30.1 Å². The first kappa shape index (κ1) is 22.5. The molecule has 0 spiro atoms. The number of nitrogens with zero attached hydrogens (tertiary/aromatic N) is 2. The van der Waals surface area contributed by atoms with Gasteiger partial charge in [-0.2, -0.15) is 0 Å². The topological polar surface area (TPSA) is 144 Å². The van der Waals surface area contributed by atoms with Crippen LogP contribution < -0.4 is 10.6 Å². The first-order valence-corrected chi connectivity index (χ1v) is 11.9. The maximum Gasteiger partial charge on any atom is 0.271 e. The summed E-state index contributed by atoms with van der Waals surface area (Å²) in [5.74, 6) is -1.49. The van der Waals surface area contributed by atoms with E-state index in [1.54, 1.807) is 23.2 Å². The number of aromatic amines is 1. The third kappa shape index (κ3) is 4.06. The van der Waals surface area contributed by atoms with Crippen molar-refractivity contribution < 1.29 is 24.3 Å². The van der Waals surface area contributed by atoms with Gasteiger partial charge in [-0.05, 0) is 55.7 Å². The lowest BCUT2D eigenvalue weighted by atomic mass is 9.92. The molecule has 3 amide bonds. The maximum absolute atomic E-state index is 13.5. The predicted molar refractivity (Wildman–Crippen MR) is 122 cm³/mol. The van der Waals surface area contributed by atoms with Gasteiger partial charge in [0.15, 0.2) is 5.78 Å². The van der Waals surface area contributed by atoms with Crippen LogP contribution in [-0.2, 0) is 14.4 Å². The molecule has 10 heteroatoms. The number of hydrogen-bond donors (Lipinski definition) is 4. The van der Waals surface area contributed by atoms with E-state index in [-0.39, 0.29) is 36.0 Å². The lowest BCUT2D eigenvalue weighted by Gasteiger charge is -2.29. The monoisotopic (exact) mass is 467 g/mol. The molecule has 2 aromatic rings. The first-order valence-electron chi connectivity index (χ1n) is 11.9. The third-order valence-corrected chi connectivity index (χ3v) is 7.58. The van der Waals surface area contributed by atoms with Crippen LogP contribution in [-0.4, -0.2) is 75.3 Å². The van der Waals surface area contributed by atoms with E-state index in [9.17, 15) is 24.3 Å². The van der Waals surface area contributed by atoms with Gasteiger partial charge in [0, 0.05) is 25.2 Å². The van der Waals surface area contributed by atoms with Crippen LogP contribution in [0.5, 0.6) is 0 Å². The Morgan fingerprint density at radius 3 is 2.85 bits per heavy atom. The number of rotatable bonds is 7. The molecular weight excluding hydrogens is 438 g/mol. The Kier molecular flexibility index (Phi) is 6.07. The molecule has 0 bridgehead atoms. The first-order chi connectivity index (χ1) is 16.5. The van der Waals surface area contributed by atoms with Crippen molar-refractivity contribution in [2.75, 3.05) is 19.7 Å². The van der Waals surface area contributed by atoms with E-state index < -0.39 is 30.4 Å². The van der Waals surface area contributed by atoms with Crippen LogP contribution in [0.1, 0.15) is 42.6 Å². The number of amides is 3. The summed E-state index contributed by atoms with van der Waals surface area (Å²) in [6.45, 7) is 0.292. The van der Waals surface area contributed by atoms with Gasteiger partial charge in [-0.1, -0.05) is 6.42 Å². The van der Waals surface area contributed by atoms with Gasteiger partial charge in [-0.15, -0.1) is 0 Å². The second-order valence-corrected chi connectivity index (χ2v) is 9.57. The summed E-state index contributed by atoms with van der Waals surface area (Å²) in [6.07, 6.45) is 5.16. The largest absolute Gasteiger partial charge is 0.389 e. The summed E-state index contributed by atoms with van der Waals surface area (Å²) in [4.78, 5) is 60.5. The fourth-order valence-electron chi connectivity index (χ4n) is 5.87. The normalized spacial score (nSPS) is 27.0. The minimum atomic E-state index is -0.971. The number of carbonyl (C=O) groups is 4. The summed E-state index contributed by atoms with van der Waals surface area (Å²) < 4.78 is 0. The van der Waals surface area contributed by atoms with Gasteiger partial charge in [0.25, 0.3) is 5.91 Å². The summed E-state index contributed by atoms with van der Waals surface area (Å²) in [6, 6.07) is 3.64. The predicted octanol–water partition coefficient (Wildman–Crippen LogP) is 0.376. The van der Waals surface area contributed by atoms with Gasteiger partial charge < -0.3 is 25.6 Å². The maximum atomic E-state index is 13.5. The summed E-state index contributed by atoms with van der Waals surface area (Å²) in [7, 11) is 0. The summed E-state index contributed by atoms with van der Waals surface area (Å²) in [5, 5.41) is 15.0. The molecule has 2 aliphatic heterocycles. The van der Waals surface area contributed by atoms with Crippen molar-refractivity contribution in [1.29, 1.82) is 0 Å². The highest BCUT2D eigenvalue weighted by molar-refractivity contribution is 6.01. The van der Waals surface area contributed by atoms with Crippen molar-refractivity contribution in [3.63, 3.8) is 0 Å². The molecule has 2 aromatic heterocycles. The zero-order valence-electron chi connectivity index (χ0n) is 18.8. The van der Waals surface area contributed by atoms with E-state index in [0.717, 1.165) is 24.8 Å². The van der Waals surface area contributed by atoms with E-state index in [0.29, 0.717) is 30.7 Å². The molecule has 5 atom stereocenters. The van der Waals surface area contributed by atoms with Crippen LogP contribution in [0.15, 0.2) is 24.4 Å². The zero-order valence-corrected chi connectivity index (χ0v) is 18.8. The number of Topliss-reactive ketones (excluding diaryl/α,β-unsaturated/α-hetero) is 1. The van der Waals surface area contributed by atoms with E-state index >= 15 is 0 Å². The Labute approximate surface area is 196 Å². The van der Waals surface area contributed by atoms with Crippen LogP contribution in [0, 0.1) is 17.8 Å². The molecule has 5 rings (SSSR count). The van der Waals surface area contributed by atoms with Gasteiger partial charge >= 0.3 is 0 Å². The van der Waals surface area contributed by atoms with Gasteiger partial charge in [0.05, 0.1) is 17.1 Å². The van der Waals surface area contributed by atoms with Crippen molar-refractivity contribution >= 4 is 34.5 Å². The number of nitrogens with one attached hydrogen (secondary N) is 3. The Morgan fingerprint density at radius 2 is 2.12 bits per heavy atom. The molecule has 180 valence electrons. The third-order valence-electron chi connectivity index (χ3n) is 7.58. The molecule has 0 radical (unpaired) electrons. The SMILES string of the molecule is O=C1NCC[C@H]1C[C@H](NC(=O)[C@@H]1[C@H]2CCC[C@H]2CN1C(=O)c1cc2ncccc2[nH]1)C(=O)CO. The van der Waals surface area contributed by atoms with Gasteiger partial charge in [0.2, 0.25) is 11.8 Å². The molecule has 10 nitrogen and oxygen atoms in total. The minimum Gasteiger partial charge on any atom is -0.389 e. The number of aliphatic hydroxyl groups excluding tert-OH is 1. The number of carbonyl (C=O) groups excluding carboxylic acids is 4. The Balaban J connectivity index is 1.38. The molecular formula is C24H29N5O5. The Morgan fingerprint density at radius 1 is 1.26 bits per heavy atom. The van der Waals surface area contributed by atoms with E-state index in [4.69, 9.17) is 0 Å². The minimum absolute atomic E-state index is 0.0195. The van der Waals surface area contributed by atoms with Crippen LogP contribution in [0.4, 0.5) is 0 Å². The Bertz CT molecular complexity index is 1100. The standard InChI is InChI=1S/C24H29N5O5/c30-12-20(31)18(9-13-6-8-26-22(13)32)28-23(33)21-15-4-1-3-14(15)11-29(21)24(34)19-10-17-16(27-19)5-2-7-25-17/h2,5,7,10,13-15,18,21,27,30H,1,3-4,6,8-9,11-12H2,(H,26,32)(H,28,33)/t13-,14-,15-,18-,21-/m0/s1. The molecule has 4 N–H and O–H groups in total. The van der Waals surface area contributed by atoms with Crippen molar-refractivity contribution in [2.45, 2.75) is 44.2 Å². The average Bonchev–Trinajstić information content (AvgIpc) is 3.61. The number of hydrogen-bond acceptors (Lipinski definition) is 6. The number of ketones is 1. The lowest BCUT2D eigenvalue weighted by Crippen LogP contribution is -2.53. The quantitative estimate of drug-likeness (QED) is 0.463. The highest BCUT2D eigenvalue weighted by atomic mass is 16.3. The van der Waals surface area contributed by atoms with E-state index in [1.165, 1.54) is 0 Å². The molecule has 3 fully saturated rings. The fourth-order valence-corrected chi connectivity index (χ4v) is 5.87. The molecule has 1 aliphatic carbocycles. The highest BCUT2D eigenvalue weighted by Gasteiger charge is 2.50. The average molecular weight is 468 g/mol. The van der Waals surface area contributed by atoms with E-state index in [1.807, 2.05) is 6.07 Å². The molecule has 1 saturated carbocycles. The van der Waals surface area contributed by atoms with Crippen molar-refractivity contribution in [1.82, 2.24) is 25.5 Å². The Hall–Kier alpha value is -3.27. The van der Waals surface area contributed by atoms with Crippen molar-refractivity contribution in [2.24, 2.45) is 17.8 Å². The second-order valence-electron chi connectivity index (χ2n) is 9.57. The number of H-pyrrole nitrogens is 1. The number of likely N-dealkylation sites (tertiary alicyclic amines) is 1. The molecule has 2 saturated heterocycles. The van der Waals surface area contributed by atoms with Crippen molar-refractivity contribution in [3.8, 4) is 0 Å². The number of pyridine rings is 1. The van der Waals surface area contributed by atoms with Crippen LogP contribution in [0.3, 0.4) is 0 Å². The van der Waals surface area contributed by atoms with Gasteiger partial charge in [-0.25, -0.2) is 0 Å². The molecule has 4 heterocycles. The summed E-state index contributed by atoms with van der Waals surface area (Å²) >= 11 is 0. The van der Waals surface area contributed by atoms with Crippen LogP contribution in [0.25, 0.3) is 11.0 Å². The van der Waals surface area contributed by atoms with Crippen LogP contribution in [0.2, 0.25) is 0 Å². The second kappa shape index (κ2) is 9.17. The smallest absolute Gasteiger partial charge is 0.271 e. The molecule has 0 unspecified atom stereocenters. The van der Waals surface area contributed by atoms with Gasteiger partial charge in [-0.3, -0.25) is 24.2 Å². The summed E-state index contributed by atoms with van der Waals surface area (Å²) in [5.41, 5.74) is 1.79. The number of aliphatic hydroxyl groups is 1. The molecule has 3 aliphatic rings. The number of aromatic nitrogens is 2. The molecule has 0 aromatic carbocycles. The van der Waals surface area contributed by atoms with E-state index in [2.05, 4.69) is 20.6 Å². The zero-order chi connectivity index (χ0) is 23.8. The molecule has 34 heavy (non-hydrogen) atoms. The highest BCUT2D eigenvalue weighted by Crippen LogP contribution is 2.43. The number of fused-ring (bicyclic) bond motifs is 2. The lowest BCUT2D eigenvalue weighted by molar-refractivity contribution is -0.133.